The van der Waals surface area contributed by atoms with Crippen LogP contribution in [0.5, 0.6) is 0 Å². The Bertz CT molecular complexity index is 572. The molecule has 0 radical (unpaired) electrons. The number of piperidine rings is 1. The van der Waals surface area contributed by atoms with Crippen molar-refractivity contribution >= 4 is 24.2 Å². The van der Waals surface area contributed by atoms with E-state index in [2.05, 4.69) is 10.6 Å². The molecule has 1 fully saturated rings. The van der Waals surface area contributed by atoms with Crippen molar-refractivity contribution in [1.29, 1.82) is 0 Å². The van der Waals surface area contributed by atoms with Crippen LogP contribution in [0.1, 0.15) is 38.7 Å². The quantitative estimate of drug-likeness (QED) is 0.711. The van der Waals surface area contributed by atoms with Crippen LogP contribution in [-0.2, 0) is 16.0 Å². The van der Waals surface area contributed by atoms with Crippen LogP contribution in [0.3, 0.4) is 0 Å². The van der Waals surface area contributed by atoms with Crippen LogP contribution < -0.4 is 10.6 Å². The lowest BCUT2D eigenvalue weighted by atomic mass is 9.92. The molecule has 2 N–H and O–H groups in total. The molecule has 0 aromatic heterocycles. The molecule has 0 spiro atoms. The van der Waals surface area contributed by atoms with E-state index in [1.807, 2.05) is 56.1 Å². The van der Waals surface area contributed by atoms with Crippen molar-refractivity contribution in [2.24, 2.45) is 11.8 Å². The number of rotatable bonds is 8. The highest BCUT2D eigenvalue weighted by atomic mass is 35.5. The van der Waals surface area contributed by atoms with Gasteiger partial charge >= 0.3 is 0 Å². The molecular formula is C21H34ClN3O2. The second kappa shape index (κ2) is 12.0. The summed E-state index contributed by atoms with van der Waals surface area (Å²) < 4.78 is 0. The summed E-state index contributed by atoms with van der Waals surface area (Å²) in [5.74, 6) is 0.738. The zero-order valence-corrected chi connectivity index (χ0v) is 17.6. The average Bonchev–Trinajstić information content (AvgIpc) is 2.65. The minimum absolute atomic E-state index is 0. The minimum Gasteiger partial charge on any atom is -0.344 e. The molecule has 0 bridgehead atoms. The van der Waals surface area contributed by atoms with Gasteiger partial charge in [0.15, 0.2) is 0 Å². The normalized spacial score (nSPS) is 15.9. The van der Waals surface area contributed by atoms with Crippen LogP contribution in [0.4, 0.5) is 0 Å². The summed E-state index contributed by atoms with van der Waals surface area (Å²) >= 11 is 0. The summed E-state index contributed by atoms with van der Waals surface area (Å²) in [4.78, 5) is 27.3. The SMILES string of the molecule is CNCCC1CCN(C(=O)C(NC(=O)Cc2ccccc2)C(C)C)CC1.Cl. The van der Waals surface area contributed by atoms with Gasteiger partial charge in [0.25, 0.3) is 0 Å². The fourth-order valence-electron chi connectivity index (χ4n) is 3.51. The summed E-state index contributed by atoms with van der Waals surface area (Å²) in [6.07, 6.45) is 3.58. The highest BCUT2D eigenvalue weighted by molar-refractivity contribution is 5.88. The third-order valence-corrected chi connectivity index (χ3v) is 5.19. The molecule has 152 valence electrons. The van der Waals surface area contributed by atoms with E-state index < -0.39 is 6.04 Å². The fraction of sp³-hybridized carbons (Fsp3) is 0.619. The van der Waals surface area contributed by atoms with Crippen LogP contribution in [0, 0.1) is 11.8 Å². The van der Waals surface area contributed by atoms with E-state index in [0.717, 1.165) is 38.0 Å². The van der Waals surface area contributed by atoms with Crippen molar-refractivity contribution in [2.45, 2.75) is 45.6 Å². The first kappa shape index (κ1) is 23.4. The average molecular weight is 396 g/mol. The number of halogens is 1. The summed E-state index contributed by atoms with van der Waals surface area (Å²) in [6, 6.07) is 9.20. The number of carbonyl (C=O) groups excluding carboxylic acids is 2. The molecular weight excluding hydrogens is 362 g/mol. The number of nitrogens with one attached hydrogen (secondary N) is 2. The Morgan fingerprint density at radius 3 is 2.33 bits per heavy atom. The van der Waals surface area contributed by atoms with Crippen LogP contribution in [0.2, 0.25) is 0 Å². The van der Waals surface area contributed by atoms with Gasteiger partial charge in [-0.3, -0.25) is 9.59 Å². The molecule has 0 saturated carbocycles. The predicted molar refractivity (Wildman–Crippen MR) is 112 cm³/mol. The molecule has 5 nitrogen and oxygen atoms in total. The van der Waals surface area contributed by atoms with Crippen LogP contribution in [0.25, 0.3) is 0 Å². The number of hydrogen-bond donors (Lipinski definition) is 2. The van der Waals surface area contributed by atoms with Gasteiger partial charge < -0.3 is 15.5 Å². The van der Waals surface area contributed by atoms with E-state index in [9.17, 15) is 9.59 Å². The lowest BCUT2D eigenvalue weighted by Crippen LogP contribution is -2.53. The highest BCUT2D eigenvalue weighted by Gasteiger charge is 2.31. The van der Waals surface area contributed by atoms with Crippen molar-refractivity contribution in [3.05, 3.63) is 35.9 Å². The van der Waals surface area contributed by atoms with Gasteiger partial charge in [0.05, 0.1) is 6.42 Å². The monoisotopic (exact) mass is 395 g/mol. The Labute approximate surface area is 169 Å². The molecule has 27 heavy (non-hydrogen) atoms. The van der Waals surface area contributed by atoms with E-state index in [0.29, 0.717) is 12.3 Å². The lowest BCUT2D eigenvalue weighted by molar-refractivity contribution is -0.138. The number of benzene rings is 1. The Balaban J connectivity index is 0.00000364. The Kier molecular flexibility index (Phi) is 10.4. The molecule has 6 heteroatoms. The topological polar surface area (TPSA) is 61.4 Å². The van der Waals surface area contributed by atoms with Gasteiger partial charge in [0.2, 0.25) is 11.8 Å². The van der Waals surface area contributed by atoms with Gasteiger partial charge in [-0.15, -0.1) is 12.4 Å². The molecule has 1 unspecified atom stereocenters. The maximum atomic E-state index is 12.9. The minimum atomic E-state index is -0.444. The van der Waals surface area contributed by atoms with Gasteiger partial charge in [-0.1, -0.05) is 44.2 Å². The van der Waals surface area contributed by atoms with Crippen LogP contribution >= 0.6 is 12.4 Å². The molecule has 0 aliphatic carbocycles. The summed E-state index contributed by atoms with van der Waals surface area (Å²) in [6.45, 7) is 6.61. The Morgan fingerprint density at radius 1 is 1.15 bits per heavy atom. The molecule has 2 amide bonds. The molecule has 1 aromatic rings. The third-order valence-electron chi connectivity index (χ3n) is 5.19. The van der Waals surface area contributed by atoms with Crippen molar-refractivity contribution in [3.8, 4) is 0 Å². The van der Waals surface area contributed by atoms with E-state index in [-0.39, 0.29) is 30.1 Å². The maximum Gasteiger partial charge on any atom is 0.245 e. The van der Waals surface area contributed by atoms with E-state index in [1.54, 1.807) is 0 Å². The van der Waals surface area contributed by atoms with Crippen molar-refractivity contribution in [1.82, 2.24) is 15.5 Å². The number of nitrogens with zero attached hydrogens (tertiary/aromatic N) is 1. The third kappa shape index (κ3) is 7.51. The molecule has 1 aromatic carbocycles. The highest BCUT2D eigenvalue weighted by Crippen LogP contribution is 2.21. The molecule has 1 heterocycles. The number of carbonyl (C=O) groups is 2. The smallest absolute Gasteiger partial charge is 0.245 e. The van der Waals surface area contributed by atoms with Gasteiger partial charge in [-0.05, 0) is 50.3 Å². The lowest BCUT2D eigenvalue weighted by Gasteiger charge is -2.35. The molecule has 1 aliphatic rings. The Hall–Kier alpha value is -1.59. The molecule has 2 rings (SSSR count). The number of amides is 2. The standard InChI is InChI=1S/C21H33N3O2.ClH/c1-16(2)20(23-19(25)15-18-7-5-4-6-8-18)21(26)24-13-10-17(11-14-24)9-12-22-3;/h4-8,16-17,20,22H,9-15H2,1-3H3,(H,23,25);1H. The van der Waals surface area contributed by atoms with Crippen molar-refractivity contribution < 1.29 is 9.59 Å². The number of likely N-dealkylation sites (tertiary alicyclic amines) is 1. The molecule has 1 aliphatic heterocycles. The molecule has 1 atom stereocenters. The van der Waals surface area contributed by atoms with Gasteiger partial charge in [0, 0.05) is 13.1 Å². The summed E-state index contributed by atoms with van der Waals surface area (Å²) in [5, 5.41) is 6.16. The Morgan fingerprint density at radius 2 is 1.78 bits per heavy atom. The first-order valence-electron chi connectivity index (χ1n) is 9.78. The predicted octanol–water partition coefficient (Wildman–Crippen LogP) is 2.64. The maximum absolute atomic E-state index is 12.9. The van der Waals surface area contributed by atoms with E-state index in [1.165, 1.54) is 6.42 Å². The summed E-state index contributed by atoms with van der Waals surface area (Å²) in [7, 11) is 1.98. The molecule has 1 saturated heterocycles. The number of hydrogen-bond acceptors (Lipinski definition) is 3. The van der Waals surface area contributed by atoms with Gasteiger partial charge in [0.1, 0.15) is 6.04 Å². The first-order valence-corrected chi connectivity index (χ1v) is 9.78. The second-order valence-corrected chi connectivity index (χ2v) is 7.61. The second-order valence-electron chi connectivity index (χ2n) is 7.61. The van der Waals surface area contributed by atoms with Crippen LogP contribution in [-0.4, -0.2) is 49.4 Å². The van der Waals surface area contributed by atoms with Crippen LogP contribution in [0.15, 0.2) is 30.3 Å². The zero-order chi connectivity index (χ0) is 18.9. The first-order chi connectivity index (χ1) is 12.5. The largest absolute Gasteiger partial charge is 0.344 e. The van der Waals surface area contributed by atoms with E-state index >= 15 is 0 Å². The van der Waals surface area contributed by atoms with Crippen molar-refractivity contribution in [2.75, 3.05) is 26.7 Å². The van der Waals surface area contributed by atoms with Crippen molar-refractivity contribution in [3.63, 3.8) is 0 Å². The van der Waals surface area contributed by atoms with Gasteiger partial charge in [-0.2, -0.15) is 0 Å². The fourth-order valence-corrected chi connectivity index (χ4v) is 3.51. The van der Waals surface area contributed by atoms with E-state index in [4.69, 9.17) is 0 Å². The zero-order valence-electron chi connectivity index (χ0n) is 16.7. The summed E-state index contributed by atoms with van der Waals surface area (Å²) in [5.41, 5.74) is 0.963. The van der Waals surface area contributed by atoms with Gasteiger partial charge in [-0.25, -0.2) is 0 Å².